The predicted octanol–water partition coefficient (Wildman–Crippen LogP) is 14.7. The van der Waals surface area contributed by atoms with Gasteiger partial charge in [-0.25, -0.2) is 9.36 Å². The molecule has 0 spiro atoms. The van der Waals surface area contributed by atoms with Crippen molar-refractivity contribution in [1.82, 2.24) is 5.32 Å². The number of phosphoric ester groups is 1. The Balaban J connectivity index is 3.80. The molecule has 3 atom stereocenters. The van der Waals surface area contributed by atoms with Gasteiger partial charge in [-0.05, 0) is 70.6 Å². The summed E-state index contributed by atoms with van der Waals surface area (Å²) >= 11 is 0. The molecule has 0 fully saturated rings. The summed E-state index contributed by atoms with van der Waals surface area (Å²) in [6, 6.07) is -1.55. The molecule has 0 aliphatic carbocycles. The van der Waals surface area contributed by atoms with E-state index in [0.29, 0.717) is 12.8 Å². The number of unbranched alkanes of at least 4 members (excludes halogenated alkanes) is 30. The molecule has 12 heteroatoms. The molecule has 0 radical (unpaired) electrons. The second-order valence-corrected chi connectivity index (χ2v) is 19.5. The number of carbonyl (C=O) groups is 3. The van der Waals surface area contributed by atoms with E-state index in [0.717, 1.165) is 51.4 Å². The van der Waals surface area contributed by atoms with Gasteiger partial charge in [-0.15, -0.1) is 0 Å². The van der Waals surface area contributed by atoms with Crippen LogP contribution in [0.25, 0.3) is 0 Å². The Morgan fingerprint density at radius 2 is 0.846 bits per heavy atom. The fraction of sp³-hybridized carbons (Fsp3) is 0.830. The number of carbonyl (C=O) groups excluding carboxylic acids is 2. The minimum atomic E-state index is -4.76. The van der Waals surface area contributed by atoms with Crippen LogP contribution in [0.1, 0.15) is 251 Å². The molecule has 0 heterocycles. The summed E-state index contributed by atoms with van der Waals surface area (Å²) < 4.78 is 27.0. The Labute approximate surface area is 397 Å². The Kier molecular flexibility index (Phi) is 46.5. The number of hydrogen-bond acceptors (Lipinski definition) is 8. The molecule has 0 aromatic rings. The van der Waals surface area contributed by atoms with Gasteiger partial charge in [-0.2, -0.15) is 0 Å². The maximum absolute atomic E-state index is 12.4. The van der Waals surface area contributed by atoms with Crippen LogP contribution >= 0.6 is 7.82 Å². The summed E-state index contributed by atoms with van der Waals surface area (Å²) in [7, 11) is -4.76. The molecule has 0 aromatic carbocycles. The number of hydrogen-bond donors (Lipinski definition) is 4. The van der Waals surface area contributed by atoms with E-state index in [9.17, 15) is 34.1 Å². The van der Waals surface area contributed by atoms with Crippen LogP contribution in [0.3, 0.4) is 0 Å². The zero-order valence-electron chi connectivity index (χ0n) is 41.5. The SMILES string of the molecule is CCCCC/C=C\C/C=C\CCCCCCCCCCCCCCCC(=O)NC(COP(=O)(O)OCC(O)COC(=O)CCCCCCCCC/C=C\CCCCCCCCC)C(=O)O. The normalized spacial score (nSPS) is 13.8. The van der Waals surface area contributed by atoms with E-state index in [-0.39, 0.29) is 12.8 Å². The second kappa shape index (κ2) is 48.2. The van der Waals surface area contributed by atoms with Gasteiger partial charge in [0, 0.05) is 12.8 Å². The standard InChI is InChI=1S/C53H98NO10P/c1-3-5-7-9-11-13-15-17-19-21-23-24-25-26-27-28-30-32-34-36-38-40-42-44-51(56)54-50(53(58)59)48-64-65(60,61)63-47-49(55)46-62-52(57)45-43-41-39-37-35-33-31-29-22-20-18-16-14-12-10-8-6-4-2/h11,13,17,19-20,22,49-50,55H,3-10,12,14-16,18,21,23-48H2,1-2H3,(H,54,56)(H,58,59)(H,60,61)/b13-11-,19-17-,22-20-. The molecule has 65 heavy (non-hydrogen) atoms. The lowest BCUT2D eigenvalue weighted by atomic mass is 10.0. The molecule has 0 saturated carbocycles. The topological polar surface area (TPSA) is 169 Å². The van der Waals surface area contributed by atoms with Crippen molar-refractivity contribution in [2.45, 2.75) is 264 Å². The fourth-order valence-electron chi connectivity index (χ4n) is 7.52. The maximum atomic E-state index is 12.4. The van der Waals surface area contributed by atoms with Gasteiger partial charge in [0.1, 0.15) is 12.7 Å². The van der Waals surface area contributed by atoms with E-state index >= 15 is 0 Å². The molecular formula is C53H98NO10P. The Morgan fingerprint density at radius 1 is 0.492 bits per heavy atom. The first-order valence-electron chi connectivity index (χ1n) is 26.5. The fourth-order valence-corrected chi connectivity index (χ4v) is 8.29. The first-order valence-corrected chi connectivity index (χ1v) is 28.0. The third-order valence-electron chi connectivity index (χ3n) is 11.7. The highest BCUT2D eigenvalue weighted by Crippen LogP contribution is 2.43. The van der Waals surface area contributed by atoms with E-state index in [2.05, 4.69) is 55.6 Å². The number of allylic oxidation sites excluding steroid dienone is 6. The number of amides is 1. The quantitative estimate of drug-likeness (QED) is 0.0199. The zero-order chi connectivity index (χ0) is 47.7. The van der Waals surface area contributed by atoms with Gasteiger partial charge < -0.3 is 25.2 Å². The van der Waals surface area contributed by atoms with Crippen molar-refractivity contribution in [3.63, 3.8) is 0 Å². The van der Waals surface area contributed by atoms with Crippen molar-refractivity contribution in [1.29, 1.82) is 0 Å². The van der Waals surface area contributed by atoms with Crippen molar-refractivity contribution in [3.05, 3.63) is 36.5 Å². The van der Waals surface area contributed by atoms with Gasteiger partial charge >= 0.3 is 19.8 Å². The van der Waals surface area contributed by atoms with Crippen LogP contribution in [0.2, 0.25) is 0 Å². The van der Waals surface area contributed by atoms with E-state index in [4.69, 9.17) is 13.8 Å². The number of aliphatic carboxylic acids is 1. The van der Waals surface area contributed by atoms with Crippen LogP contribution < -0.4 is 5.32 Å². The summed E-state index contributed by atoms with van der Waals surface area (Å²) in [6.07, 6.45) is 54.5. The summed E-state index contributed by atoms with van der Waals surface area (Å²) in [5.41, 5.74) is 0. The van der Waals surface area contributed by atoms with Crippen molar-refractivity contribution in [2.24, 2.45) is 0 Å². The average molecular weight is 940 g/mol. The largest absolute Gasteiger partial charge is 0.480 e. The van der Waals surface area contributed by atoms with E-state index in [1.165, 1.54) is 161 Å². The number of nitrogens with one attached hydrogen (secondary N) is 1. The highest BCUT2D eigenvalue weighted by molar-refractivity contribution is 7.47. The third kappa shape index (κ3) is 48.0. The Morgan fingerprint density at radius 3 is 1.29 bits per heavy atom. The predicted molar refractivity (Wildman–Crippen MR) is 268 cm³/mol. The van der Waals surface area contributed by atoms with Crippen LogP contribution in [-0.4, -0.2) is 64.9 Å². The number of carboxylic acids is 1. The Bertz CT molecular complexity index is 1240. The lowest BCUT2D eigenvalue weighted by Crippen LogP contribution is -2.43. The number of aliphatic hydroxyl groups excluding tert-OH is 1. The molecule has 0 aliphatic heterocycles. The zero-order valence-corrected chi connectivity index (χ0v) is 42.4. The minimum absolute atomic E-state index is 0.145. The van der Waals surface area contributed by atoms with Crippen molar-refractivity contribution >= 4 is 25.7 Å². The van der Waals surface area contributed by atoms with Crippen molar-refractivity contribution in [2.75, 3.05) is 19.8 Å². The van der Waals surface area contributed by atoms with Gasteiger partial charge in [0.15, 0.2) is 6.04 Å². The number of rotatable bonds is 50. The van der Waals surface area contributed by atoms with Gasteiger partial charge in [-0.3, -0.25) is 18.6 Å². The van der Waals surface area contributed by atoms with Crippen LogP contribution in [0.4, 0.5) is 0 Å². The molecule has 11 nitrogen and oxygen atoms in total. The van der Waals surface area contributed by atoms with Gasteiger partial charge in [0.05, 0.1) is 13.2 Å². The number of phosphoric acid groups is 1. The van der Waals surface area contributed by atoms with Crippen molar-refractivity contribution in [3.8, 4) is 0 Å². The van der Waals surface area contributed by atoms with Gasteiger partial charge in [0.25, 0.3) is 0 Å². The lowest BCUT2D eigenvalue weighted by molar-refractivity contribution is -0.147. The average Bonchev–Trinajstić information content (AvgIpc) is 3.28. The van der Waals surface area contributed by atoms with E-state index in [1.54, 1.807) is 0 Å². The smallest absolute Gasteiger partial charge is 0.472 e. The summed E-state index contributed by atoms with van der Waals surface area (Å²) in [6.45, 7) is 2.60. The molecule has 0 aliphatic rings. The van der Waals surface area contributed by atoms with Crippen LogP contribution in [0.15, 0.2) is 36.5 Å². The molecule has 0 bridgehead atoms. The number of carboxylic acid groups (broad SMARTS) is 1. The highest BCUT2D eigenvalue weighted by Gasteiger charge is 2.28. The second-order valence-electron chi connectivity index (χ2n) is 18.1. The monoisotopic (exact) mass is 940 g/mol. The van der Waals surface area contributed by atoms with Gasteiger partial charge in [0.2, 0.25) is 5.91 Å². The third-order valence-corrected chi connectivity index (χ3v) is 12.6. The lowest BCUT2D eigenvalue weighted by Gasteiger charge is -2.18. The van der Waals surface area contributed by atoms with Crippen LogP contribution in [0.5, 0.6) is 0 Å². The molecule has 1 amide bonds. The van der Waals surface area contributed by atoms with Crippen molar-refractivity contribution < 1.29 is 47.8 Å². The highest BCUT2D eigenvalue weighted by atomic mass is 31.2. The number of esters is 1. The molecule has 380 valence electrons. The van der Waals surface area contributed by atoms with Crippen LogP contribution in [0, 0.1) is 0 Å². The molecule has 4 N–H and O–H groups in total. The molecule has 3 unspecified atom stereocenters. The summed E-state index contributed by atoms with van der Waals surface area (Å²) in [5, 5.41) is 21.9. The maximum Gasteiger partial charge on any atom is 0.472 e. The number of ether oxygens (including phenoxy) is 1. The molecule has 0 saturated heterocycles. The van der Waals surface area contributed by atoms with Crippen LogP contribution in [-0.2, 0) is 32.7 Å². The van der Waals surface area contributed by atoms with E-state index < -0.39 is 57.6 Å². The van der Waals surface area contributed by atoms with Gasteiger partial charge in [-0.1, -0.05) is 204 Å². The first kappa shape index (κ1) is 62.7. The summed E-state index contributed by atoms with van der Waals surface area (Å²) in [4.78, 5) is 46.2. The molecular weight excluding hydrogens is 842 g/mol. The van der Waals surface area contributed by atoms with E-state index in [1.807, 2.05) is 0 Å². The molecule has 0 aromatic heterocycles. The summed E-state index contributed by atoms with van der Waals surface area (Å²) in [5.74, 6) is -2.37. The Hall–Kier alpha value is -2.30. The minimum Gasteiger partial charge on any atom is -0.480 e. The first-order chi connectivity index (χ1) is 31.6. The molecule has 0 rings (SSSR count). The number of aliphatic hydroxyl groups is 1.